The number of pyridine rings is 1. The van der Waals surface area contributed by atoms with E-state index in [-0.39, 0.29) is 11.1 Å². The van der Waals surface area contributed by atoms with Crippen molar-refractivity contribution in [2.75, 3.05) is 38.1 Å². The zero-order chi connectivity index (χ0) is 25.2. The quantitative estimate of drug-likeness (QED) is 0.347. The van der Waals surface area contributed by atoms with Crippen LogP contribution in [0.3, 0.4) is 0 Å². The van der Waals surface area contributed by atoms with Crippen molar-refractivity contribution in [1.82, 2.24) is 25.6 Å². The summed E-state index contributed by atoms with van der Waals surface area (Å²) in [6.07, 6.45) is 0.846. The largest absolute Gasteiger partial charge is 0.357 e. The molecule has 6 nitrogen and oxygen atoms in total. The van der Waals surface area contributed by atoms with Gasteiger partial charge in [0.1, 0.15) is 11.5 Å². The number of H-pyrrole nitrogens is 1. The number of fused-ring (bicyclic) bond motifs is 3. The topological polar surface area (TPSA) is 68.0 Å². The molecule has 190 valence electrons. The fraction of sp³-hybridized carbons (Fsp3) is 0.500. The molecular formula is C26H35ClF2N6. The molecule has 4 N–H and O–H groups in total. The van der Waals surface area contributed by atoms with E-state index in [9.17, 15) is 8.78 Å². The Balaban J connectivity index is 0.00000141. The van der Waals surface area contributed by atoms with E-state index in [1.165, 1.54) is 22.6 Å². The third-order valence-electron chi connectivity index (χ3n) is 6.56. The number of aromatic nitrogens is 2. The van der Waals surface area contributed by atoms with Gasteiger partial charge >= 0.3 is 0 Å². The molecule has 0 aliphatic carbocycles. The zero-order valence-electron chi connectivity index (χ0n) is 20.8. The van der Waals surface area contributed by atoms with Crippen molar-refractivity contribution in [3.8, 4) is 0 Å². The molecule has 0 spiro atoms. The molecule has 35 heavy (non-hydrogen) atoms. The monoisotopic (exact) mass is 504 g/mol. The van der Waals surface area contributed by atoms with Crippen LogP contribution >= 0.6 is 11.6 Å². The number of rotatable bonds is 7. The lowest BCUT2D eigenvalue weighted by Crippen LogP contribution is -2.49. The van der Waals surface area contributed by atoms with Crippen LogP contribution in [-0.2, 0) is 12.3 Å². The second-order valence-electron chi connectivity index (χ2n) is 9.24. The number of hydrogen-bond donors (Lipinski definition) is 4. The molecule has 5 rings (SSSR count). The molecule has 1 atom stereocenters. The number of nitrogens with one attached hydrogen (secondary N) is 4. The molecule has 0 saturated carbocycles. The average Bonchev–Trinajstić information content (AvgIpc) is 3.16. The summed E-state index contributed by atoms with van der Waals surface area (Å²) in [4.78, 5) is 7.76. The summed E-state index contributed by atoms with van der Waals surface area (Å²) < 4.78 is 27.9. The number of alkyl halides is 2. The molecule has 2 aliphatic heterocycles. The van der Waals surface area contributed by atoms with Gasteiger partial charge in [0.25, 0.3) is 5.92 Å². The summed E-state index contributed by atoms with van der Waals surface area (Å²) in [7, 11) is 0. The van der Waals surface area contributed by atoms with E-state index in [4.69, 9.17) is 11.6 Å². The summed E-state index contributed by atoms with van der Waals surface area (Å²) in [5.41, 5.74) is 7.71. The van der Waals surface area contributed by atoms with Gasteiger partial charge in [-0.3, -0.25) is 0 Å². The highest BCUT2D eigenvalue weighted by atomic mass is 35.5. The van der Waals surface area contributed by atoms with Gasteiger partial charge in [0, 0.05) is 56.2 Å². The van der Waals surface area contributed by atoms with E-state index in [0.29, 0.717) is 11.7 Å². The maximum absolute atomic E-state index is 14.0. The first-order chi connectivity index (χ1) is 16.8. The highest BCUT2D eigenvalue weighted by Crippen LogP contribution is 2.36. The smallest absolute Gasteiger partial charge is 0.288 e. The van der Waals surface area contributed by atoms with E-state index >= 15 is 0 Å². The van der Waals surface area contributed by atoms with Crippen LogP contribution in [0.25, 0.3) is 10.9 Å². The third-order valence-corrected chi connectivity index (χ3v) is 6.87. The van der Waals surface area contributed by atoms with E-state index < -0.39 is 11.6 Å². The Morgan fingerprint density at radius 3 is 2.63 bits per heavy atom. The van der Waals surface area contributed by atoms with Crippen LogP contribution in [0.15, 0.2) is 30.3 Å². The highest BCUT2D eigenvalue weighted by molar-refractivity contribution is 6.31. The normalized spacial score (nSPS) is 18.5. The van der Waals surface area contributed by atoms with Gasteiger partial charge in [0.05, 0.1) is 11.1 Å². The minimum Gasteiger partial charge on any atom is -0.357 e. The second-order valence-corrected chi connectivity index (χ2v) is 9.64. The van der Waals surface area contributed by atoms with Crippen molar-refractivity contribution in [3.05, 3.63) is 57.9 Å². The lowest BCUT2D eigenvalue weighted by atomic mass is 9.97. The third kappa shape index (κ3) is 5.61. The van der Waals surface area contributed by atoms with Crippen molar-refractivity contribution < 1.29 is 8.78 Å². The van der Waals surface area contributed by atoms with Gasteiger partial charge in [0.2, 0.25) is 0 Å². The van der Waals surface area contributed by atoms with Gasteiger partial charge in [-0.15, -0.1) is 0 Å². The van der Waals surface area contributed by atoms with Crippen LogP contribution in [0.5, 0.6) is 0 Å². The van der Waals surface area contributed by atoms with Gasteiger partial charge in [-0.1, -0.05) is 37.1 Å². The first kappa shape index (κ1) is 25.8. The van der Waals surface area contributed by atoms with Crippen molar-refractivity contribution in [1.29, 1.82) is 0 Å². The Hall–Kier alpha value is -2.26. The summed E-state index contributed by atoms with van der Waals surface area (Å²) in [5, 5.41) is 10.2. The number of aryl methyl sites for hydroxylation is 1. The summed E-state index contributed by atoms with van der Waals surface area (Å²) >= 11 is 5.99. The van der Waals surface area contributed by atoms with Crippen molar-refractivity contribution in [2.24, 2.45) is 5.92 Å². The minimum absolute atomic E-state index is 0.00226. The Bertz CT molecular complexity index is 1150. The molecule has 1 fully saturated rings. The van der Waals surface area contributed by atoms with Crippen molar-refractivity contribution in [3.63, 3.8) is 0 Å². The number of hydrogen-bond acceptors (Lipinski definition) is 5. The first-order valence-electron chi connectivity index (χ1n) is 12.4. The number of anilines is 1. The maximum Gasteiger partial charge on any atom is 0.288 e. The fourth-order valence-corrected chi connectivity index (χ4v) is 4.97. The molecule has 0 radical (unpaired) electrons. The Kier molecular flexibility index (Phi) is 7.96. The van der Waals surface area contributed by atoms with Crippen molar-refractivity contribution in [2.45, 2.75) is 46.1 Å². The molecule has 4 heterocycles. The molecule has 3 aromatic rings. The number of aromatic amines is 1. The number of halogens is 3. The molecule has 2 aromatic heterocycles. The van der Waals surface area contributed by atoms with E-state index in [2.05, 4.69) is 56.2 Å². The summed E-state index contributed by atoms with van der Waals surface area (Å²) in [6.45, 7) is 11.4. The predicted molar refractivity (Wildman–Crippen MR) is 139 cm³/mol. The van der Waals surface area contributed by atoms with Gasteiger partial charge < -0.3 is 21.0 Å². The van der Waals surface area contributed by atoms with Crippen LogP contribution in [-0.4, -0.2) is 47.7 Å². The van der Waals surface area contributed by atoms with Gasteiger partial charge in [0.15, 0.2) is 0 Å². The van der Waals surface area contributed by atoms with Gasteiger partial charge in [-0.25, -0.2) is 9.99 Å². The van der Waals surface area contributed by atoms with Crippen LogP contribution in [0, 0.1) is 12.8 Å². The lowest BCUT2D eigenvalue weighted by Gasteiger charge is -2.37. The first-order valence-corrected chi connectivity index (χ1v) is 12.8. The average molecular weight is 505 g/mol. The highest BCUT2D eigenvalue weighted by Gasteiger charge is 2.33. The molecule has 0 bridgehead atoms. The molecule has 0 amide bonds. The fourth-order valence-electron chi connectivity index (χ4n) is 4.70. The van der Waals surface area contributed by atoms with Crippen LogP contribution in [0.1, 0.15) is 49.3 Å². The molecule has 1 aromatic carbocycles. The molecular weight excluding hydrogens is 470 g/mol. The van der Waals surface area contributed by atoms with E-state index in [0.717, 1.165) is 57.3 Å². The van der Waals surface area contributed by atoms with Crippen LogP contribution < -0.4 is 16.1 Å². The van der Waals surface area contributed by atoms with Crippen molar-refractivity contribution >= 4 is 28.3 Å². The minimum atomic E-state index is -3.11. The second kappa shape index (κ2) is 10.8. The van der Waals surface area contributed by atoms with Crippen LogP contribution in [0.4, 0.5) is 14.6 Å². The molecule has 1 saturated heterocycles. The predicted octanol–water partition coefficient (Wildman–Crippen LogP) is 5.40. The molecule has 9 heteroatoms. The number of nitrogens with zero attached hydrogens (tertiary/aromatic N) is 2. The SMILES string of the molecule is CC.Cc1ccc2[nH]c3c(c2c1)CCN(Nc1ccc(Cl)c(C(C)(F)F)n1)C3CNCC1CNC1. The zero-order valence-corrected chi connectivity index (χ0v) is 21.6. The van der Waals surface area contributed by atoms with Crippen LogP contribution in [0.2, 0.25) is 5.02 Å². The molecule has 1 unspecified atom stereocenters. The lowest BCUT2D eigenvalue weighted by molar-refractivity contribution is 0.0129. The summed E-state index contributed by atoms with van der Waals surface area (Å²) in [5.74, 6) is -2.11. The number of benzene rings is 1. The molecule has 2 aliphatic rings. The summed E-state index contributed by atoms with van der Waals surface area (Å²) in [6, 6.07) is 9.59. The van der Waals surface area contributed by atoms with Gasteiger partial charge in [-0.05, 0) is 49.1 Å². The Morgan fingerprint density at radius 1 is 1.17 bits per heavy atom. The van der Waals surface area contributed by atoms with E-state index in [1.54, 1.807) is 6.07 Å². The van der Waals surface area contributed by atoms with E-state index in [1.807, 2.05) is 13.8 Å². The number of hydrazine groups is 1. The van der Waals surface area contributed by atoms with Gasteiger partial charge in [-0.2, -0.15) is 8.78 Å². The standard InChI is InChI=1S/C24H29ClF2N6.C2H6/c1-14-3-5-19-17(9-14)16-7-8-33(20(22(16)30-19)13-29-12-15-10-28-11-15)32-21-6-4-18(25)23(31-21)24(2,26)27;1-2/h3-6,9,15,20,28-30H,7-8,10-13H2,1-2H3,(H,31,32);1-2H3. The Morgan fingerprint density at radius 2 is 1.94 bits per heavy atom. The Labute approximate surface area is 210 Å². The maximum atomic E-state index is 14.0.